The highest BCUT2D eigenvalue weighted by Gasteiger charge is 2.19. The quantitative estimate of drug-likeness (QED) is 0.222. The van der Waals surface area contributed by atoms with E-state index >= 15 is 0 Å². The Bertz CT molecular complexity index is 453. The Morgan fingerprint density at radius 1 is 0.815 bits per heavy atom. The van der Waals surface area contributed by atoms with Gasteiger partial charge in [0.1, 0.15) is 0 Å². The first kappa shape index (κ1) is 26.3. The minimum atomic E-state index is -4.39. The summed E-state index contributed by atoms with van der Waals surface area (Å²) in [5.41, 5.74) is 0. The van der Waals surface area contributed by atoms with Crippen LogP contribution in [0.25, 0.3) is 0 Å². The first-order valence-corrected chi connectivity index (χ1v) is 12.1. The fourth-order valence-electron chi connectivity index (χ4n) is 3.24. The molecule has 0 aromatic heterocycles. The number of carbonyl (C=O) groups excluding carboxylic acids is 1. The van der Waals surface area contributed by atoms with Crippen LogP contribution in [-0.4, -0.2) is 14.4 Å². The average molecular weight is 408 g/mol. The fraction of sp³-hybridized carbons (Fsp3) is 0.950. The Hall–Kier alpha value is -0.660. The Labute approximate surface area is 166 Å². The molecule has 0 aromatic carbocycles. The zero-order chi connectivity index (χ0) is 20.4. The summed E-state index contributed by atoms with van der Waals surface area (Å²) in [7, 11) is -4.39. The Morgan fingerprint density at radius 2 is 1.22 bits per heavy atom. The van der Waals surface area contributed by atoms with Gasteiger partial charge in [0, 0.05) is 6.42 Å². The van der Waals surface area contributed by atoms with E-state index in [1.165, 1.54) is 77.0 Å². The van der Waals surface area contributed by atoms with Gasteiger partial charge >= 0.3 is 16.4 Å². The molecule has 0 radical (unpaired) electrons. The summed E-state index contributed by atoms with van der Waals surface area (Å²) in [5.74, 6) is 3.78. The number of hydrogen-bond donors (Lipinski definition) is 1. The number of rotatable bonds is 19. The van der Waals surface area contributed by atoms with Gasteiger partial charge in [0.25, 0.3) is 0 Å². The average Bonchev–Trinajstić information content (AvgIpc) is 2.61. The molecule has 0 aliphatic heterocycles. The minimum Gasteiger partial charge on any atom is -0.324 e. The summed E-state index contributed by atoms with van der Waals surface area (Å²) in [4.78, 5) is 11.4. The van der Waals surface area contributed by atoms with Crippen LogP contribution < -0.4 is 5.90 Å². The normalized spacial score (nSPS) is 12.9. The highest BCUT2D eigenvalue weighted by atomic mass is 32.3. The fourth-order valence-corrected chi connectivity index (χ4v) is 3.58. The molecule has 0 saturated heterocycles. The third-order valence-corrected chi connectivity index (χ3v) is 5.50. The summed E-state index contributed by atoms with van der Waals surface area (Å²) in [5, 5.41) is 0. The molecule has 1 unspecified atom stereocenters. The maximum Gasteiger partial charge on any atom is 0.467 e. The van der Waals surface area contributed by atoms with Crippen molar-refractivity contribution in [2.45, 2.75) is 117 Å². The van der Waals surface area contributed by atoms with E-state index in [1.807, 2.05) is 6.92 Å². The van der Waals surface area contributed by atoms with Gasteiger partial charge in [-0.2, -0.15) is 18.6 Å². The first-order valence-electron chi connectivity index (χ1n) is 10.8. The Morgan fingerprint density at radius 3 is 1.63 bits per heavy atom. The van der Waals surface area contributed by atoms with Crippen molar-refractivity contribution in [1.82, 2.24) is 0 Å². The van der Waals surface area contributed by atoms with Gasteiger partial charge in [-0.15, -0.1) is 0 Å². The van der Waals surface area contributed by atoms with Crippen LogP contribution in [0.15, 0.2) is 0 Å². The van der Waals surface area contributed by atoms with E-state index in [2.05, 4.69) is 21.3 Å². The molecule has 0 bridgehead atoms. The first-order chi connectivity index (χ1) is 12.9. The van der Waals surface area contributed by atoms with Crippen molar-refractivity contribution < 1.29 is 21.7 Å². The lowest BCUT2D eigenvalue weighted by Crippen LogP contribution is -2.20. The van der Waals surface area contributed by atoms with Crippen LogP contribution in [0.4, 0.5) is 0 Å². The molecule has 0 aliphatic carbocycles. The molecule has 6 nitrogen and oxygen atoms in total. The zero-order valence-electron chi connectivity index (χ0n) is 17.4. The molecular weight excluding hydrogens is 366 g/mol. The Kier molecular flexibility index (Phi) is 17.0. The van der Waals surface area contributed by atoms with Gasteiger partial charge < -0.3 is 4.18 Å². The topological polar surface area (TPSA) is 95.7 Å². The summed E-state index contributed by atoms with van der Waals surface area (Å²) < 4.78 is 29.6. The van der Waals surface area contributed by atoms with E-state index in [0.29, 0.717) is 0 Å². The SMILES string of the molecule is CCCCCCCCCCCCCCCCC(C)CC(=O)OS(=O)(=O)ON. The van der Waals surface area contributed by atoms with Crippen molar-refractivity contribution in [3.63, 3.8) is 0 Å². The summed E-state index contributed by atoms with van der Waals surface area (Å²) in [6.45, 7) is 4.17. The van der Waals surface area contributed by atoms with E-state index in [0.717, 1.165) is 19.3 Å². The van der Waals surface area contributed by atoms with Crippen molar-refractivity contribution in [1.29, 1.82) is 0 Å². The molecule has 7 heteroatoms. The molecule has 0 spiro atoms. The van der Waals surface area contributed by atoms with Crippen LogP contribution in [0.3, 0.4) is 0 Å². The van der Waals surface area contributed by atoms with Gasteiger partial charge in [0.15, 0.2) is 0 Å². The number of carbonyl (C=O) groups is 1. The van der Waals surface area contributed by atoms with Gasteiger partial charge in [-0.1, -0.05) is 110 Å². The van der Waals surface area contributed by atoms with E-state index in [-0.39, 0.29) is 12.3 Å². The predicted octanol–water partition coefficient (Wildman–Crippen LogP) is 5.56. The van der Waals surface area contributed by atoms with Crippen molar-refractivity contribution in [3.05, 3.63) is 0 Å². The smallest absolute Gasteiger partial charge is 0.324 e. The summed E-state index contributed by atoms with van der Waals surface area (Å²) in [6, 6.07) is 0. The second-order valence-corrected chi connectivity index (χ2v) is 8.83. The predicted molar refractivity (Wildman–Crippen MR) is 109 cm³/mol. The standard InChI is InChI=1S/C20H41NO5S/c1-3-4-5-6-7-8-9-10-11-12-13-14-15-16-17-19(2)18-20(22)25-27(23,24)26-21/h19H,3-18,21H2,1-2H3. The molecule has 2 N–H and O–H groups in total. The molecule has 0 saturated carbocycles. The van der Waals surface area contributed by atoms with E-state index in [9.17, 15) is 13.2 Å². The molecular formula is C20H41NO5S. The number of nitrogens with two attached hydrogens (primary N) is 1. The molecule has 0 amide bonds. The summed E-state index contributed by atoms with van der Waals surface area (Å²) in [6.07, 6.45) is 19.3. The van der Waals surface area contributed by atoms with Gasteiger partial charge in [-0.3, -0.25) is 4.79 Å². The molecule has 0 fully saturated rings. The van der Waals surface area contributed by atoms with E-state index < -0.39 is 16.4 Å². The summed E-state index contributed by atoms with van der Waals surface area (Å²) >= 11 is 0. The monoisotopic (exact) mass is 407 g/mol. The van der Waals surface area contributed by atoms with Gasteiger partial charge in [-0.25, -0.2) is 0 Å². The van der Waals surface area contributed by atoms with Crippen LogP contribution in [-0.2, 0) is 23.7 Å². The third kappa shape index (κ3) is 18.5. The van der Waals surface area contributed by atoms with Crippen molar-refractivity contribution in [3.8, 4) is 0 Å². The van der Waals surface area contributed by atoms with Gasteiger partial charge in [-0.05, 0) is 5.92 Å². The Balaban J connectivity index is 3.38. The lowest BCUT2D eigenvalue weighted by atomic mass is 9.99. The minimum absolute atomic E-state index is 0.0566. The highest BCUT2D eigenvalue weighted by Crippen LogP contribution is 2.17. The van der Waals surface area contributed by atoms with Crippen LogP contribution in [0.5, 0.6) is 0 Å². The lowest BCUT2D eigenvalue weighted by Gasteiger charge is -2.10. The van der Waals surface area contributed by atoms with Crippen LogP contribution in [0, 0.1) is 5.92 Å². The van der Waals surface area contributed by atoms with E-state index in [1.54, 1.807) is 0 Å². The molecule has 0 heterocycles. The second-order valence-electron chi connectivity index (χ2n) is 7.65. The number of hydrogen-bond acceptors (Lipinski definition) is 6. The van der Waals surface area contributed by atoms with Crippen molar-refractivity contribution in [2.75, 3.05) is 0 Å². The molecule has 0 rings (SSSR count). The lowest BCUT2D eigenvalue weighted by molar-refractivity contribution is -0.135. The van der Waals surface area contributed by atoms with Crippen LogP contribution in [0.1, 0.15) is 117 Å². The largest absolute Gasteiger partial charge is 0.467 e. The number of unbranched alkanes of at least 4 members (excludes halogenated alkanes) is 13. The maximum atomic E-state index is 11.4. The van der Waals surface area contributed by atoms with Crippen molar-refractivity contribution >= 4 is 16.4 Å². The van der Waals surface area contributed by atoms with Crippen molar-refractivity contribution in [2.24, 2.45) is 11.8 Å². The van der Waals surface area contributed by atoms with Crippen LogP contribution >= 0.6 is 0 Å². The molecule has 27 heavy (non-hydrogen) atoms. The third-order valence-electron chi connectivity index (χ3n) is 4.88. The molecule has 162 valence electrons. The maximum absolute atomic E-state index is 11.4. The van der Waals surface area contributed by atoms with Gasteiger partial charge in [0.2, 0.25) is 0 Å². The van der Waals surface area contributed by atoms with Gasteiger partial charge in [0.05, 0.1) is 0 Å². The molecule has 0 aliphatic rings. The highest BCUT2D eigenvalue weighted by molar-refractivity contribution is 7.82. The second kappa shape index (κ2) is 17.4. The van der Waals surface area contributed by atoms with Crippen LogP contribution in [0.2, 0.25) is 0 Å². The zero-order valence-corrected chi connectivity index (χ0v) is 18.2. The molecule has 1 atom stereocenters. The molecule has 0 aromatic rings. The van der Waals surface area contributed by atoms with E-state index in [4.69, 9.17) is 0 Å².